The van der Waals surface area contributed by atoms with Gasteiger partial charge in [-0.2, -0.15) is 5.10 Å². The highest BCUT2D eigenvalue weighted by Gasteiger charge is 2.37. The lowest BCUT2D eigenvalue weighted by molar-refractivity contribution is -0.137. The van der Waals surface area contributed by atoms with Gasteiger partial charge in [0.15, 0.2) is 0 Å². The van der Waals surface area contributed by atoms with Gasteiger partial charge in [0.25, 0.3) is 5.91 Å². The van der Waals surface area contributed by atoms with Crippen molar-refractivity contribution in [2.45, 2.75) is 25.3 Å². The Hall–Kier alpha value is -3.15. The number of carbonyl (C=O) groups excluding carboxylic acids is 2. The molecule has 30 heavy (non-hydrogen) atoms. The van der Waals surface area contributed by atoms with Crippen molar-refractivity contribution in [2.75, 3.05) is 31.2 Å². The zero-order valence-electron chi connectivity index (χ0n) is 17.0. The van der Waals surface area contributed by atoms with Crippen LogP contribution in [-0.2, 0) is 9.59 Å². The summed E-state index contributed by atoms with van der Waals surface area (Å²) < 4.78 is 0. The minimum atomic E-state index is -0.00659. The normalized spacial score (nSPS) is 21.5. The van der Waals surface area contributed by atoms with Crippen LogP contribution in [0.1, 0.15) is 30.9 Å². The highest BCUT2D eigenvalue weighted by molar-refractivity contribution is 6.39. The maximum atomic E-state index is 13.2. The van der Waals surface area contributed by atoms with Crippen LogP contribution in [0, 0.1) is 5.92 Å². The summed E-state index contributed by atoms with van der Waals surface area (Å²) in [4.78, 5) is 29.3. The summed E-state index contributed by atoms with van der Waals surface area (Å²) in [6, 6.07) is 20.2. The zero-order chi connectivity index (χ0) is 20.5. The van der Waals surface area contributed by atoms with E-state index in [9.17, 15) is 9.59 Å². The molecule has 6 heteroatoms. The SMILES string of the molecule is O=C(C1=NN(c2ccccc2)C(c2ccccc2)C1)N1CCN(C(=O)C2CC2)CC1. The predicted molar refractivity (Wildman–Crippen MR) is 116 cm³/mol. The van der Waals surface area contributed by atoms with E-state index in [2.05, 4.69) is 12.1 Å². The molecule has 154 valence electrons. The Bertz CT molecular complexity index is 948. The Balaban J connectivity index is 1.32. The number of benzene rings is 2. The van der Waals surface area contributed by atoms with E-state index in [4.69, 9.17) is 5.10 Å². The van der Waals surface area contributed by atoms with Crippen molar-refractivity contribution in [3.05, 3.63) is 66.2 Å². The van der Waals surface area contributed by atoms with Gasteiger partial charge in [0.1, 0.15) is 5.71 Å². The van der Waals surface area contributed by atoms with Gasteiger partial charge in [-0.25, -0.2) is 0 Å². The Morgan fingerprint density at radius 3 is 2.03 bits per heavy atom. The maximum absolute atomic E-state index is 13.2. The summed E-state index contributed by atoms with van der Waals surface area (Å²) in [6.07, 6.45) is 2.62. The molecular formula is C24H26N4O2. The largest absolute Gasteiger partial charge is 0.339 e. The quantitative estimate of drug-likeness (QED) is 0.790. The Morgan fingerprint density at radius 2 is 1.40 bits per heavy atom. The van der Waals surface area contributed by atoms with Gasteiger partial charge in [0.05, 0.1) is 11.7 Å². The first-order valence-corrected chi connectivity index (χ1v) is 10.8. The first kappa shape index (κ1) is 18.9. The highest BCUT2D eigenvalue weighted by Crippen LogP contribution is 2.35. The Morgan fingerprint density at radius 1 is 0.800 bits per heavy atom. The van der Waals surface area contributed by atoms with E-state index in [1.165, 1.54) is 0 Å². The lowest BCUT2D eigenvalue weighted by Gasteiger charge is -2.34. The minimum absolute atomic E-state index is 0.00489. The molecule has 0 radical (unpaired) electrons. The van der Waals surface area contributed by atoms with Gasteiger partial charge < -0.3 is 9.80 Å². The lowest BCUT2D eigenvalue weighted by atomic mass is 10.0. The molecule has 2 amide bonds. The second-order valence-electron chi connectivity index (χ2n) is 8.25. The van der Waals surface area contributed by atoms with Crippen molar-refractivity contribution in [1.29, 1.82) is 0 Å². The number of anilines is 1. The molecule has 0 spiro atoms. The number of amides is 2. The van der Waals surface area contributed by atoms with Crippen molar-refractivity contribution in [3.63, 3.8) is 0 Å². The molecule has 5 rings (SSSR count). The first-order valence-electron chi connectivity index (χ1n) is 10.8. The number of hydrogen-bond donors (Lipinski definition) is 0. The van der Waals surface area contributed by atoms with Crippen molar-refractivity contribution in [1.82, 2.24) is 9.80 Å². The third-order valence-electron chi connectivity index (χ3n) is 6.17. The summed E-state index contributed by atoms with van der Waals surface area (Å²) >= 11 is 0. The van der Waals surface area contributed by atoms with Crippen molar-refractivity contribution < 1.29 is 9.59 Å². The third-order valence-corrected chi connectivity index (χ3v) is 6.17. The first-order chi connectivity index (χ1) is 14.7. The summed E-state index contributed by atoms with van der Waals surface area (Å²) in [5.74, 6) is 0.491. The molecule has 1 saturated heterocycles. The molecule has 0 bridgehead atoms. The number of carbonyl (C=O) groups is 2. The number of hydrazone groups is 1. The van der Waals surface area contributed by atoms with Crippen molar-refractivity contribution in [2.24, 2.45) is 11.0 Å². The van der Waals surface area contributed by atoms with Crippen LogP contribution >= 0.6 is 0 Å². The molecule has 3 aliphatic rings. The molecule has 2 aromatic rings. The number of rotatable bonds is 4. The average Bonchev–Trinajstić information content (AvgIpc) is 3.57. The second-order valence-corrected chi connectivity index (χ2v) is 8.25. The van der Waals surface area contributed by atoms with Crippen LogP contribution in [0.5, 0.6) is 0 Å². The highest BCUT2D eigenvalue weighted by atomic mass is 16.2. The summed E-state index contributed by atoms with van der Waals surface area (Å²) in [5.41, 5.74) is 2.72. The van der Waals surface area contributed by atoms with Crippen LogP contribution in [0.3, 0.4) is 0 Å². The molecule has 0 aromatic heterocycles. The van der Waals surface area contributed by atoms with Crippen molar-refractivity contribution in [3.8, 4) is 0 Å². The smallest absolute Gasteiger partial charge is 0.270 e. The van der Waals surface area contributed by atoms with Crippen LogP contribution in [-0.4, -0.2) is 53.5 Å². The predicted octanol–water partition coefficient (Wildman–Crippen LogP) is 3.07. The Labute approximate surface area is 176 Å². The number of nitrogens with zero attached hydrogens (tertiary/aromatic N) is 4. The van der Waals surface area contributed by atoms with Crippen LogP contribution in [0.15, 0.2) is 65.8 Å². The van der Waals surface area contributed by atoms with Gasteiger partial charge in [0.2, 0.25) is 5.91 Å². The molecule has 1 aliphatic carbocycles. The molecule has 0 N–H and O–H groups in total. The fourth-order valence-corrected chi connectivity index (χ4v) is 4.29. The van der Waals surface area contributed by atoms with Gasteiger partial charge in [-0.15, -0.1) is 0 Å². The van der Waals surface area contributed by atoms with E-state index >= 15 is 0 Å². The summed E-state index contributed by atoms with van der Waals surface area (Å²) in [5, 5.41) is 6.73. The summed E-state index contributed by atoms with van der Waals surface area (Å²) in [7, 11) is 0. The monoisotopic (exact) mass is 402 g/mol. The van der Waals surface area contributed by atoms with Gasteiger partial charge in [0, 0.05) is 38.5 Å². The van der Waals surface area contributed by atoms with Gasteiger partial charge in [-0.05, 0) is 30.5 Å². The molecular weight excluding hydrogens is 376 g/mol. The van der Waals surface area contributed by atoms with Gasteiger partial charge >= 0.3 is 0 Å². The van der Waals surface area contributed by atoms with Crippen LogP contribution in [0.25, 0.3) is 0 Å². The number of piperazine rings is 1. The molecule has 2 aromatic carbocycles. The Kier molecular flexibility index (Phi) is 4.99. The average molecular weight is 402 g/mol. The van der Waals surface area contributed by atoms with Crippen molar-refractivity contribution >= 4 is 23.2 Å². The lowest BCUT2D eigenvalue weighted by Crippen LogP contribution is -2.52. The maximum Gasteiger partial charge on any atom is 0.270 e. The van der Waals surface area contributed by atoms with E-state index in [0.29, 0.717) is 38.3 Å². The molecule has 2 aliphatic heterocycles. The zero-order valence-corrected chi connectivity index (χ0v) is 17.0. The standard InChI is InChI=1S/C24H26N4O2/c29-23(19-11-12-19)26-13-15-27(16-14-26)24(30)21-17-22(18-7-3-1-4-8-18)28(25-21)20-9-5-2-6-10-20/h1-10,19,22H,11-17H2. The molecule has 1 atom stereocenters. The van der Waals surface area contributed by atoms with Crippen LogP contribution < -0.4 is 5.01 Å². The third kappa shape index (κ3) is 3.70. The minimum Gasteiger partial charge on any atom is -0.339 e. The molecule has 1 unspecified atom stereocenters. The molecule has 1 saturated carbocycles. The molecule has 6 nitrogen and oxygen atoms in total. The topological polar surface area (TPSA) is 56.2 Å². The van der Waals surface area contributed by atoms with Gasteiger partial charge in [-0.3, -0.25) is 14.6 Å². The molecule has 2 heterocycles. The van der Waals surface area contributed by atoms with E-state index in [1.807, 2.05) is 63.3 Å². The van der Waals surface area contributed by atoms with Crippen LogP contribution in [0.2, 0.25) is 0 Å². The van der Waals surface area contributed by atoms with E-state index < -0.39 is 0 Å². The second kappa shape index (κ2) is 7.94. The number of hydrogen-bond acceptors (Lipinski definition) is 4. The van der Waals surface area contributed by atoms with E-state index in [-0.39, 0.29) is 23.8 Å². The van der Waals surface area contributed by atoms with Crippen LogP contribution in [0.4, 0.5) is 5.69 Å². The molecule has 2 fully saturated rings. The fourth-order valence-electron chi connectivity index (χ4n) is 4.29. The van der Waals surface area contributed by atoms with E-state index in [1.54, 1.807) is 0 Å². The summed E-state index contributed by atoms with van der Waals surface area (Å²) in [6.45, 7) is 2.41. The van der Waals surface area contributed by atoms with E-state index in [0.717, 1.165) is 24.1 Å². The fraction of sp³-hybridized carbons (Fsp3) is 0.375. The van der Waals surface area contributed by atoms with Gasteiger partial charge in [-0.1, -0.05) is 48.5 Å². The number of para-hydroxylation sites is 1.